The van der Waals surface area contributed by atoms with Crippen molar-refractivity contribution in [2.75, 3.05) is 6.54 Å². The Morgan fingerprint density at radius 1 is 1.05 bits per heavy atom. The summed E-state index contributed by atoms with van der Waals surface area (Å²) in [6, 6.07) is 4.55. The van der Waals surface area contributed by atoms with Crippen LogP contribution in [0.4, 0.5) is 0 Å². The molecule has 0 aliphatic heterocycles. The average Bonchev–Trinajstić information content (AvgIpc) is 2.60. The molecule has 0 amide bonds. The molecule has 4 N–H and O–H groups in total. The number of aromatic hydroxyl groups is 2. The second kappa shape index (κ2) is 6.46. The van der Waals surface area contributed by atoms with Crippen LogP contribution in [-0.2, 0) is 0 Å². The van der Waals surface area contributed by atoms with Gasteiger partial charge in [0.2, 0.25) is 0 Å². The number of aliphatic hydroxyl groups is 1. The first-order valence-electron chi connectivity index (χ1n) is 7.47. The Morgan fingerprint density at radius 3 is 2.15 bits per heavy atom. The third-order valence-corrected chi connectivity index (χ3v) is 4.20. The summed E-state index contributed by atoms with van der Waals surface area (Å²) >= 11 is 0. The normalized spacial score (nSPS) is 20.3. The topological polar surface area (TPSA) is 72.7 Å². The lowest BCUT2D eigenvalue weighted by atomic mass is 9.94. The molecule has 1 aromatic carbocycles. The average molecular weight is 279 g/mol. The van der Waals surface area contributed by atoms with Crippen molar-refractivity contribution in [2.24, 2.45) is 0 Å². The zero-order chi connectivity index (χ0) is 14.6. The first-order valence-corrected chi connectivity index (χ1v) is 7.47. The minimum atomic E-state index is -0.621. The van der Waals surface area contributed by atoms with Crippen molar-refractivity contribution >= 4 is 0 Å². The quantitative estimate of drug-likeness (QED) is 0.640. The molecule has 1 fully saturated rings. The highest BCUT2D eigenvalue weighted by Crippen LogP contribution is 2.28. The molecular weight excluding hydrogens is 254 g/mol. The van der Waals surface area contributed by atoms with E-state index in [9.17, 15) is 15.3 Å². The lowest BCUT2D eigenvalue weighted by Crippen LogP contribution is -2.41. The molecule has 4 nitrogen and oxygen atoms in total. The second-order valence-corrected chi connectivity index (χ2v) is 6.02. The molecule has 0 aromatic heterocycles. The van der Waals surface area contributed by atoms with Gasteiger partial charge in [-0.3, -0.25) is 0 Å². The lowest BCUT2D eigenvalue weighted by Gasteiger charge is -2.29. The molecule has 1 saturated carbocycles. The molecule has 0 spiro atoms. The van der Waals surface area contributed by atoms with E-state index in [1.54, 1.807) is 12.1 Å². The first-order chi connectivity index (χ1) is 9.48. The van der Waals surface area contributed by atoms with E-state index >= 15 is 0 Å². The van der Waals surface area contributed by atoms with Gasteiger partial charge >= 0.3 is 0 Å². The smallest absolute Gasteiger partial charge is 0.119 e. The highest BCUT2D eigenvalue weighted by atomic mass is 16.3. The van der Waals surface area contributed by atoms with Gasteiger partial charge in [-0.05, 0) is 37.5 Å². The third kappa shape index (κ3) is 4.12. The minimum absolute atomic E-state index is 0.0275. The van der Waals surface area contributed by atoms with Crippen molar-refractivity contribution in [1.29, 1.82) is 0 Å². The van der Waals surface area contributed by atoms with Crippen LogP contribution < -0.4 is 5.32 Å². The van der Waals surface area contributed by atoms with Crippen molar-refractivity contribution in [2.45, 2.75) is 57.1 Å². The molecule has 1 aliphatic carbocycles. The zero-order valence-corrected chi connectivity index (χ0v) is 12.1. The fourth-order valence-electron chi connectivity index (χ4n) is 2.89. The van der Waals surface area contributed by atoms with Crippen LogP contribution in [0.25, 0.3) is 0 Å². The van der Waals surface area contributed by atoms with Crippen molar-refractivity contribution in [3.05, 3.63) is 23.8 Å². The van der Waals surface area contributed by atoms with Crippen LogP contribution in [0.15, 0.2) is 18.2 Å². The molecule has 20 heavy (non-hydrogen) atoms. The lowest BCUT2D eigenvalue weighted by molar-refractivity contribution is 0.0231. The van der Waals surface area contributed by atoms with E-state index in [2.05, 4.69) is 5.32 Å². The molecule has 0 saturated heterocycles. The fraction of sp³-hybridized carbons (Fsp3) is 0.625. The summed E-state index contributed by atoms with van der Waals surface area (Å²) in [7, 11) is 0. The Bertz CT molecular complexity index is 419. The maximum absolute atomic E-state index is 10.6. The first kappa shape index (κ1) is 15.1. The van der Waals surface area contributed by atoms with Gasteiger partial charge in [-0.1, -0.05) is 25.7 Å². The fourth-order valence-corrected chi connectivity index (χ4v) is 2.89. The van der Waals surface area contributed by atoms with Crippen molar-refractivity contribution < 1.29 is 15.3 Å². The number of hydrogen-bond acceptors (Lipinski definition) is 4. The number of phenols is 2. The molecule has 0 heterocycles. The van der Waals surface area contributed by atoms with E-state index in [-0.39, 0.29) is 17.5 Å². The zero-order valence-electron chi connectivity index (χ0n) is 12.1. The van der Waals surface area contributed by atoms with Gasteiger partial charge in [0.05, 0.1) is 5.60 Å². The third-order valence-electron chi connectivity index (χ3n) is 4.20. The molecular formula is C16H25NO3. The summed E-state index contributed by atoms with van der Waals surface area (Å²) in [5, 5.41) is 32.9. The summed E-state index contributed by atoms with van der Waals surface area (Å²) in [6.07, 6.45) is 6.27. The van der Waals surface area contributed by atoms with Crippen LogP contribution in [-0.4, -0.2) is 27.5 Å². The summed E-state index contributed by atoms with van der Waals surface area (Å²) in [5.41, 5.74) is 0.198. The molecule has 0 radical (unpaired) electrons. The number of rotatable bonds is 4. The van der Waals surface area contributed by atoms with Gasteiger partial charge < -0.3 is 20.6 Å². The van der Waals surface area contributed by atoms with Gasteiger partial charge in [0, 0.05) is 18.7 Å². The Labute approximate surface area is 120 Å². The summed E-state index contributed by atoms with van der Waals surface area (Å²) in [6.45, 7) is 2.51. The molecule has 2 rings (SSSR count). The number of phenolic OH excluding ortho intramolecular Hbond substituents is 2. The van der Waals surface area contributed by atoms with Gasteiger partial charge in [-0.15, -0.1) is 0 Å². The van der Waals surface area contributed by atoms with E-state index in [0.29, 0.717) is 6.54 Å². The summed E-state index contributed by atoms with van der Waals surface area (Å²) in [5.74, 6) is 0.114. The van der Waals surface area contributed by atoms with E-state index in [0.717, 1.165) is 31.2 Å². The Hall–Kier alpha value is -1.26. The molecule has 112 valence electrons. The molecule has 1 atom stereocenters. The number of nitrogens with one attached hydrogen (secondary N) is 1. The largest absolute Gasteiger partial charge is 0.508 e. The van der Waals surface area contributed by atoms with Gasteiger partial charge in [0.15, 0.2) is 0 Å². The minimum Gasteiger partial charge on any atom is -0.508 e. The van der Waals surface area contributed by atoms with Crippen LogP contribution in [0.5, 0.6) is 11.5 Å². The van der Waals surface area contributed by atoms with E-state index in [1.165, 1.54) is 18.9 Å². The monoisotopic (exact) mass is 279 g/mol. The molecule has 0 bridgehead atoms. The highest BCUT2D eigenvalue weighted by Gasteiger charge is 2.28. The Kier molecular flexibility index (Phi) is 4.89. The predicted molar refractivity (Wildman–Crippen MR) is 78.8 cm³/mol. The number of hydrogen-bond donors (Lipinski definition) is 4. The Balaban J connectivity index is 1.95. The maximum Gasteiger partial charge on any atom is 0.119 e. The van der Waals surface area contributed by atoms with Crippen molar-refractivity contribution in [3.8, 4) is 11.5 Å². The second-order valence-electron chi connectivity index (χ2n) is 6.02. The van der Waals surface area contributed by atoms with E-state index in [1.807, 2.05) is 6.92 Å². The summed E-state index contributed by atoms with van der Waals surface area (Å²) < 4.78 is 0. The molecule has 1 unspecified atom stereocenters. The molecule has 1 aliphatic rings. The number of benzene rings is 1. The van der Waals surface area contributed by atoms with Crippen LogP contribution >= 0.6 is 0 Å². The van der Waals surface area contributed by atoms with Crippen molar-refractivity contribution in [1.82, 2.24) is 5.32 Å². The summed E-state index contributed by atoms with van der Waals surface area (Å²) in [4.78, 5) is 0. The van der Waals surface area contributed by atoms with Gasteiger partial charge in [0.25, 0.3) is 0 Å². The van der Waals surface area contributed by atoms with Crippen LogP contribution in [0.3, 0.4) is 0 Å². The van der Waals surface area contributed by atoms with Gasteiger partial charge in [-0.25, -0.2) is 0 Å². The van der Waals surface area contributed by atoms with Crippen LogP contribution in [0, 0.1) is 0 Å². The Morgan fingerprint density at radius 2 is 1.60 bits per heavy atom. The van der Waals surface area contributed by atoms with Gasteiger partial charge in [-0.2, -0.15) is 0 Å². The predicted octanol–water partition coefficient (Wildman–Crippen LogP) is 2.83. The van der Waals surface area contributed by atoms with Gasteiger partial charge in [0.1, 0.15) is 11.5 Å². The van der Waals surface area contributed by atoms with Crippen LogP contribution in [0.1, 0.15) is 57.1 Å². The van der Waals surface area contributed by atoms with E-state index < -0.39 is 5.60 Å². The van der Waals surface area contributed by atoms with E-state index in [4.69, 9.17) is 0 Å². The standard InChI is InChI=1S/C16H25NO3/c1-12(13-8-14(18)10-15(19)9-13)17-11-16(20)6-4-2-3-5-7-16/h8-10,12,17-20H,2-7,11H2,1H3. The van der Waals surface area contributed by atoms with Crippen molar-refractivity contribution in [3.63, 3.8) is 0 Å². The molecule has 4 heteroatoms. The SMILES string of the molecule is CC(NCC1(O)CCCCCC1)c1cc(O)cc(O)c1. The van der Waals surface area contributed by atoms with Crippen LogP contribution in [0.2, 0.25) is 0 Å². The molecule has 1 aromatic rings. The maximum atomic E-state index is 10.6. The highest BCUT2D eigenvalue weighted by molar-refractivity contribution is 5.37.